The molecular formula is C8H16N2O5. The lowest BCUT2D eigenvalue weighted by atomic mass is 10.5. The maximum atomic E-state index is 10.9. The van der Waals surface area contributed by atoms with Crippen molar-refractivity contribution in [3.63, 3.8) is 0 Å². The summed E-state index contributed by atoms with van der Waals surface area (Å²) >= 11 is 0. The van der Waals surface area contributed by atoms with Crippen LogP contribution in [0.1, 0.15) is 13.8 Å². The maximum Gasteiger partial charge on any atom is 0.291 e. The van der Waals surface area contributed by atoms with E-state index < -0.39 is 23.7 Å². The van der Waals surface area contributed by atoms with Gasteiger partial charge >= 0.3 is 0 Å². The molecule has 0 heterocycles. The molecule has 0 aromatic rings. The third kappa shape index (κ3) is 7.83. The second-order valence-electron chi connectivity index (χ2n) is 2.64. The van der Waals surface area contributed by atoms with Gasteiger partial charge in [-0.3, -0.25) is 14.9 Å². The molecule has 0 unspecified atom stereocenters. The van der Waals surface area contributed by atoms with Crippen molar-refractivity contribution in [1.82, 2.24) is 5.32 Å². The van der Waals surface area contributed by atoms with Crippen molar-refractivity contribution >= 4 is 5.91 Å². The van der Waals surface area contributed by atoms with E-state index in [1.807, 2.05) is 0 Å². The molecule has 0 aliphatic heterocycles. The van der Waals surface area contributed by atoms with Gasteiger partial charge in [0, 0.05) is 18.1 Å². The molecule has 0 saturated heterocycles. The van der Waals surface area contributed by atoms with Gasteiger partial charge in [-0.25, -0.2) is 0 Å². The number of hydrogen-bond acceptors (Lipinski definition) is 5. The Hall–Kier alpha value is -1.21. The fraction of sp³-hybridized carbons (Fsp3) is 0.875. The monoisotopic (exact) mass is 220 g/mol. The van der Waals surface area contributed by atoms with Crippen molar-refractivity contribution in [3.8, 4) is 0 Å². The summed E-state index contributed by atoms with van der Waals surface area (Å²) in [5.41, 5.74) is 0. The molecule has 0 aliphatic rings. The van der Waals surface area contributed by atoms with Crippen LogP contribution < -0.4 is 5.32 Å². The van der Waals surface area contributed by atoms with Gasteiger partial charge in [-0.05, 0) is 13.8 Å². The lowest BCUT2D eigenvalue weighted by Crippen LogP contribution is -2.38. The van der Waals surface area contributed by atoms with E-state index in [9.17, 15) is 14.9 Å². The summed E-state index contributed by atoms with van der Waals surface area (Å²) in [5.74, 6) is -0.649. The van der Waals surface area contributed by atoms with Crippen molar-refractivity contribution in [2.75, 3.05) is 26.3 Å². The molecule has 0 bridgehead atoms. The molecule has 0 spiro atoms. The van der Waals surface area contributed by atoms with Crippen LogP contribution in [0.5, 0.6) is 0 Å². The molecular weight excluding hydrogens is 204 g/mol. The first-order valence-corrected chi connectivity index (χ1v) is 4.71. The Bertz CT molecular complexity index is 203. The van der Waals surface area contributed by atoms with E-state index >= 15 is 0 Å². The molecule has 0 aliphatic carbocycles. The zero-order valence-corrected chi connectivity index (χ0v) is 8.89. The summed E-state index contributed by atoms with van der Waals surface area (Å²) in [6.07, 6.45) is -0.546. The number of hydrogen-bond donors (Lipinski definition) is 1. The number of carbonyl (C=O) groups excluding carboxylic acids is 1. The normalized spacial score (nSPS) is 10.3. The second-order valence-corrected chi connectivity index (χ2v) is 2.64. The third-order valence-electron chi connectivity index (χ3n) is 1.44. The highest BCUT2D eigenvalue weighted by Gasteiger charge is 2.13. The minimum absolute atomic E-state index is 0.119. The van der Waals surface area contributed by atoms with Gasteiger partial charge < -0.3 is 14.8 Å². The van der Waals surface area contributed by atoms with Gasteiger partial charge in [-0.15, -0.1) is 0 Å². The molecule has 0 saturated carbocycles. The van der Waals surface area contributed by atoms with E-state index in [1.54, 1.807) is 13.8 Å². The van der Waals surface area contributed by atoms with E-state index in [0.29, 0.717) is 13.2 Å². The largest absolute Gasteiger partial charge is 0.351 e. The number of nitrogens with one attached hydrogen (secondary N) is 1. The Morgan fingerprint density at radius 3 is 2.33 bits per heavy atom. The molecule has 0 fully saturated rings. The first kappa shape index (κ1) is 13.8. The standard InChI is InChI=1S/C8H16N2O5/c1-3-14-8(15-4-2)5-9-7(11)6-10(12)13/h8H,3-6H2,1-2H3,(H,9,11). The maximum absolute atomic E-state index is 10.9. The fourth-order valence-electron chi connectivity index (χ4n) is 0.908. The second kappa shape index (κ2) is 8.13. The summed E-state index contributed by atoms with van der Waals surface area (Å²) in [4.78, 5) is 20.2. The van der Waals surface area contributed by atoms with E-state index in [-0.39, 0.29) is 6.54 Å². The van der Waals surface area contributed by atoms with Crippen molar-refractivity contribution in [2.45, 2.75) is 20.1 Å². The minimum atomic E-state index is -0.731. The van der Waals surface area contributed by atoms with Crippen LogP contribution in [-0.4, -0.2) is 43.4 Å². The van der Waals surface area contributed by atoms with Crippen LogP contribution in [0.15, 0.2) is 0 Å². The number of amides is 1. The number of nitrogens with zero attached hydrogens (tertiary/aromatic N) is 1. The smallest absolute Gasteiger partial charge is 0.291 e. The highest BCUT2D eigenvalue weighted by atomic mass is 16.7. The Kier molecular flexibility index (Phi) is 7.47. The van der Waals surface area contributed by atoms with Crippen LogP contribution in [0, 0.1) is 10.1 Å². The first-order valence-electron chi connectivity index (χ1n) is 4.71. The van der Waals surface area contributed by atoms with E-state index in [0.717, 1.165) is 0 Å². The first-order chi connectivity index (χ1) is 7.10. The summed E-state index contributed by atoms with van der Waals surface area (Å²) in [6, 6.07) is 0. The molecule has 15 heavy (non-hydrogen) atoms. The average Bonchev–Trinajstić information content (AvgIpc) is 2.14. The lowest BCUT2D eigenvalue weighted by Gasteiger charge is -2.16. The topological polar surface area (TPSA) is 90.7 Å². The molecule has 0 atom stereocenters. The van der Waals surface area contributed by atoms with Gasteiger partial charge in [0.2, 0.25) is 0 Å². The zero-order valence-electron chi connectivity index (χ0n) is 8.89. The van der Waals surface area contributed by atoms with E-state index in [1.165, 1.54) is 0 Å². The Balaban J connectivity index is 3.77. The highest BCUT2D eigenvalue weighted by molar-refractivity contribution is 5.76. The van der Waals surface area contributed by atoms with Crippen LogP contribution in [0.2, 0.25) is 0 Å². The molecule has 0 radical (unpaired) electrons. The fourth-order valence-corrected chi connectivity index (χ4v) is 0.908. The molecule has 0 aromatic carbocycles. The number of carbonyl (C=O) groups is 1. The van der Waals surface area contributed by atoms with Gasteiger partial charge in [0.25, 0.3) is 12.5 Å². The third-order valence-corrected chi connectivity index (χ3v) is 1.44. The van der Waals surface area contributed by atoms with Gasteiger partial charge in [0.05, 0.1) is 6.54 Å². The molecule has 88 valence electrons. The van der Waals surface area contributed by atoms with Crippen LogP contribution >= 0.6 is 0 Å². The number of ether oxygens (including phenoxy) is 2. The van der Waals surface area contributed by atoms with Crippen molar-refractivity contribution < 1.29 is 19.2 Å². The SMILES string of the molecule is CCOC(CNC(=O)C[N+](=O)[O-])OCC. The summed E-state index contributed by atoms with van der Waals surface area (Å²) in [7, 11) is 0. The van der Waals surface area contributed by atoms with E-state index in [4.69, 9.17) is 9.47 Å². The van der Waals surface area contributed by atoms with Crippen LogP contribution in [0.4, 0.5) is 0 Å². The van der Waals surface area contributed by atoms with Gasteiger partial charge in [0.15, 0.2) is 6.29 Å². The molecule has 1 N–H and O–H groups in total. The average molecular weight is 220 g/mol. The predicted octanol–water partition coefficient (Wildman–Crippen LogP) is -0.222. The summed E-state index contributed by atoms with van der Waals surface area (Å²) in [5, 5.41) is 12.3. The summed E-state index contributed by atoms with van der Waals surface area (Å²) in [6.45, 7) is 3.89. The van der Waals surface area contributed by atoms with Gasteiger partial charge in [0.1, 0.15) is 0 Å². The van der Waals surface area contributed by atoms with Crippen LogP contribution in [-0.2, 0) is 14.3 Å². The quantitative estimate of drug-likeness (QED) is 0.347. The predicted molar refractivity (Wildman–Crippen MR) is 51.9 cm³/mol. The van der Waals surface area contributed by atoms with Crippen LogP contribution in [0.3, 0.4) is 0 Å². The lowest BCUT2D eigenvalue weighted by molar-refractivity contribution is -0.467. The van der Waals surface area contributed by atoms with Crippen molar-refractivity contribution in [2.24, 2.45) is 0 Å². The van der Waals surface area contributed by atoms with Gasteiger partial charge in [-0.1, -0.05) is 0 Å². The Morgan fingerprint density at radius 2 is 1.93 bits per heavy atom. The molecule has 1 amide bonds. The molecule has 0 rings (SSSR count). The van der Waals surface area contributed by atoms with Crippen molar-refractivity contribution in [1.29, 1.82) is 0 Å². The van der Waals surface area contributed by atoms with Crippen molar-refractivity contribution in [3.05, 3.63) is 10.1 Å². The highest BCUT2D eigenvalue weighted by Crippen LogP contribution is 1.92. The minimum Gasteiger partial charge on any atom is -0.351 e. The van der Waals surface area contributed by atoms with Crippen LogP contribution in [0.25, 0.3) is 0 Å². The molecule has 7 heteroatoms. The molecule has 0 aromatic heterocycles. The van der Waals surface area contributed by atoms with Gasteiger partial charge in [-0.2, -0.15) is 0 Å². The number of rotatable bonds is 8. The number of nitro groups is 1. The Labute approximate surface area is 87.9 Å². The summed E-state index contributed by atoms with van der Waals surface area (Å²) < 4.78 is 10.3. The Morgan fingerprint density at radius 1 is 1.40 bits per heavy atom. The van der Waals surface area contributed by atoms with E-state index in [2.05, 4.69) is 5.32 Å². The molecule has 7 nitrogen and oxygen atoms in total. The zero-order chi connectivity index (χ0) is 11.7.